The Balaban J connectivity index is 1.29. The summed E-state index contributed by atoms with van der Waals surface area (Å²) in [6.07, 6.45) is 2.46. The van der Waals surface area contributed by atoms with Crippen molar-refractivity contribution in [1.29, 1.82) is 0 Å². The molecule has 0 radical (unpaired) electrons. The molecule has 1 amide bonds. The minimum atomic E-state index is 0.0157. The van der Waals surface area contributed by atoms with Crippen LogP contribution in [0.5, 0.6) is 0 Å². The van der Waals surface area contributed by atoms with Crippen LogP contribution in [0.25, 0.3) is 11.2 Å². The molecule has 26 heavy (non-hydrogen) atoms. The van der Waals surface area contributed by atoms with Gasteiger partial charge in [-0.15, -0.1) is 5.10 Å². The molecule has 5 rings (SSSR count). The van der Waals surface area contributed by atoms with Gasteiger partial charge in [-0.3, -0.25) is 4.79 Å². The van der Waals surface area contributed by atoms with E-state index < -0.39 is 0 Å². The number of rotatable bonds is 2. The normalized spacial score (nSPS) is 17.3. The lowest BCUT2D eigenvalue weighted by atomic mass is 9.95. The first-order valence-corrected chi connectivity index (χ1v) is 8.81. The Morgan fingerprint density at radius 3 is 2.81 bits per heavy atom. The van der Waals surface area contributed by atoms with Crippen LogP contribution in [-0.4, -0.2) is 55.4 Å². The minimum Gasteiger partial charge on any atom is -0.353 e. The van der Waals surface area contributed by atoms with Gasteiger partial charge < -0.3 is 9.80 Å². The molecule has 1 aromatic carbocycles. The summed E-state index contributed by atoms with van der Waals surface area (Å²) in [6, 6.07) is 8.38. The molecular formula is C18H19N7O. The van der Waals surface area contributed by atoms with E-state index in [1.54, 1.807) is 4.68 Å². The molecule has 8 heteroatoms. The number of carbonyl (C=O) groups is 1. The van der Waals surface area contributed by atoms with Crippen LogP contribution < -0.4 is 4.90 Å². The van der Waals surface area contributed by atoms with Crippen LogP contribution in [0, 0.1) is 5.92 Å². The van der Waals surface area contributed by atoms with Gasteiger partial charge in [0.05, 0.1) is 5.92 Å². The molecule has 132 valence electrons. The maximum absolute atomic E-state index is 12.9. The predicted molar refractivity (Wildman–Crippen MR) is 95.4 cm³/mol. The first-order valence-electron chi connectivity index (χ1n) is 8.81. The first kappa shape index (κ1) is 15.2. The Hall–Kier alpha value is -3.03. The van der Waals surface area contributed by atoms with Crippen molar-refractivity contribution in [2.45, 2.75) is 13.0 Å². The van der Waals surface area contributed by atoms with Crippen LogP contribution in [0.4, 0.5) is 5.82 Å². The zero-order chi connectivity index (χ0) is 17.7. The van der Waals surface area contributed by atoms with Gasteiger partial charge >= 0.3 is 0 Å². The fraction of sp³-hybridized carbons (Fsp3) is 0.389. The number of amides is 1. The second kappa shape index (κ2) is 5.76. The number of benzene rings is 1. The van der Waals surface area contributed by atoms with Crippen molar-refractivity contribution < 1.29 is 4.79 Å². The standard InChI is InChI=1S/C18H19N7O/c1-23-16-15(21-22-23)17(20-11-19-16)25-9-14(10-25)18(26)24-7-6-12-4-2-3-5-13(12)8-24/h2-5,11,14H,6-10H2,1H3. The molecule has 0 spiro atoms. The molecule has 8 nitrogen and oxygen atoms in total. The highest BCUT2D eigenvalue weighted by atomic mass is 16.2. The molecule has 0 saturated carbocycles. The van der Waals surface area contributed by atoms with Gasteiger partial charge in [0.2, 0.25) is 5.91 Å². The third-order valence-corrected chi connectivity index (χ3v) is 5.34. The molecule has 0 aliphatic carbocycles. The van der Waals surface area contributed by atoms with Gasteiger partial charge in [-0.05, 0) is 17.5 Å². The van der Waals surface area contributed by atoms with E-state index in [2.05, 4.69) is 43.4 Å². The summed E-state index contributed by atoms with van der Waals surface area (Å²) in [7, 11) is 1.81. The van der Waals surface area contributed by atoms with Gasteiger partial charge in [0.25, 0.3) is 0 Å². The minimum absolute atomic E-state index is 0.0157. The SMILES string of the molecule is Cn1nnc2c(N3CC(C(=O)N4CCc5ccccc5C4)C3)ncnc21. The average molecular weight is 349 g/mol. The van der Waals surface area contributed by atoms with Crippen LogP contribution in [0.15, 0.2) is 30.6 Å². The van der Waals surface area contributed by atoms with Crippen molar-refractivity contribution in [3.8, 4) is 0 Å². The number of anilines is 1. The number of aromatic nitrogens is 5. The highest BCUT2D eigenvalue weighted by Gasteiger charge is 2.38. The van der Waals surface area contributed by atoms with E-state index in [0.717, 1.165) is 18.8 Å². The monoisotopic (exact) mass is 349 g/mol. The van der Waals surface area contributed by atoms with Crippen molar-refractivity contribution in [2.75, 3.05) is 24.5 Å². The van der Waals surface area contributed by atoms with E-state index in [9.17, 15) is 4.79 Å². The highest BCUT2D eigenvalue weighted by molar-refractivity contribution is 5.86. The van der Waals surface area contributed by atoms with Gasteiger partial charge in [-0.1, -0.05) is 29.5 Å². The Morgan fingerprint density at radius 2 is 1.96 bits per heavy atom. The van der Waals surface area contributed by atoms with E-state index in [1.165, 1.54) is 17.5 Å². The molecule has 2 aliphatic heterocycles. The fourth-order valence-corrected chi connectivity index (χ4v) is 3.82. The van der Waals surface area contributed by atoms with E-state index in [-0.39, 0.29) is 11.8 Å². The number of hydrogen-bond acceptors (Lipinski definition) is 6. The summed E-state index contributed by atoms with van der Waals surface area (Å²) in [5.41, 5.74) is 4.02. The lowest BCUT2D eigenvalue weighted by molar-refractivity contribution is -0.137. The third kappa shape index (κ3) is 2.33. The van der Waals surface area contributed by atoms with Gasteiger partial charge in [-0.25, -0.2) is 14.6 Å². The lowest BCUT2D eigenvalue weighted by Gasteiger charge is -2.42. The summed E-state index contributed by atoms with van der Waals surface area (Å²) in [5.74, 6) is 1.01. The van der Waals surface area contributed by atoms with Crippen LogP contribution in [0.3, 0.4) is 0 Å². The molecule has 0 bridgehead atoms. The van der Waals surface area contributed by atoms with Crippen molar-refractivity contribution in [1.82, 2.24) is 29.9 Å². The molecule has 0 N–H and O–H groups in total. The molecule has 2 aliphatic rings. The molecule has 1 saturated heterocycles. The van der Waals surface area contributed by atoms with E-state index in [1.807, 2.05) is 18.0 Å². The summed E-state index contributed by atoms with van der Waals surface area (Å²) >= 11 is 0. The quantitative estimate of drug-likeness (QED) is 0.680. The van der Waals surface area contributed by atoms with E-state index >= 15 is 0 Å². The topological polar surface area (TPSA) is 80.0 Å². The van der Waals surface area contributed by atoms with Crippen molar-refractivity contribution >= 4 is 22.9 Å². The van der Waals surface area contributed by atoms with Gasteiger partial charge in [0, 0.05) is 33.2 Å². The van der Waals surface area contributed by atoms with Crippen LogP contribution in [0.2, 0.25) is 0 Å². The number of nitrogens with zero attached hydrogens (tertiary/aromatic N) is 7. The zero-order valence-corrected chi connectivity index (χ0v) is 14.5. The second-order valence-electron chi connectivity index (χ2n) is 6.96. The van der Waals surface area contributed by atoms with Crippen LogP contribution in [0.1, 0.15) is 11.1 Å². The lowest BCUT2D eigenvalue weighted by Crippen LogP contribution is -2.55. The van der Waals surface area contributed by atoms with Gasteiger partial charge in [-0.2, -0.15) is 0 Å². The predicted octanol–water partition coefficient (Wildman–Crippen LogP) is 0.779. The van der Waals surface area contributed by atoms with Gasteiger partial charge in [0.1, 0.15) is 6.33 Å². The van der Waals surface area contributed by atoms with Crippen molar-refractivity contribution in [3.63, 3.8) is 0 Å². The number of aryl methyl sites for hydroxylation is 1. The maximum atomic E-state index is 12.9. The largest absolute Gasteiger partial charge is 0.353 e. The first-order chi connectivity index (χ1) is 12.7. The Kier molecular flexibility index (Phi) is 3.37. The summed E-state index contributed by atoms with van der Waals surface area (Å²) in [6.45, 7) is 2.85. The fourth-order valence-electron chi connectivity index (χ4n) is 3.82. The summed E-state index contributed by atoms with van der Waals surface area (Å²) in [4.78, 5) is 25.5. The Bertz CT molecular complexity index is 992. The maximum Gasteiger partial charge on any atom is 0.229 e. The molecule has 0 unspecified atom stereocenters. The zero-order valence-electron chi connectivity index (χ0n) is 14.5. The molecule has 0 atom stereocenters. The van der Waals surface area contributed by atoms with Gasteiger partial charge in [0.15, 0.2) is 17.0 Å². The number of hydrogen-bond donors (Lipinski definition) is 0. The molecule has 3 aromatic rings. The highest BCUT2D eigenvalue weighted by Crippen LogP contribution is 2.29. The van der Waals surface area contributed by atoms with Crippen molar-refractivity contribution in [2.24, 2.45) is 13.0 Å². The Labute approximate surface area is 150 Å². The molecule has 4 heterocycles. The molecule has 1 fully saturated rings. The Morgan fingerprint density at radius 1 is 1.15 bits per heavy atom. The molecule has 2 aromatic heterocycles. The molecular weight excluding hydrogens is 330 g/mol. The van der Waals surface area contributed by atoms with Crippen LogP contribution in [-0.2, 0) is 24.8 Å². The summed E-state index contributed by atoms with van der Waals surface area (Å²) in [5, 5.41) is 8.17. The smallest absolute Gasteiger partial charge is 0.229 e. The van der Waals surface area contributed by atoms with E-state index in [0.29, 0.717) is 30.8 Å². The van der Waals surface area contributed by atoms with E-state index in [4.69, 9.17) is 0 Å². The van der Waals surface area contributed by atoms with Crippen LogP contribution >= 0.6 is 0 Å². The third-order valence-electron chi connectivity index (χ3n) is 5.34. The number of fused-ring (bicyclic) bond motifs is 2. The average Bonchev–Trinajstić information content (AvgIpc) is 3.02. The van der Waals surface area contributed by atoms with Crippen molar-refractivity contribution in [3.05, 3.63) is 41.7 Å². The number of carbonyl (C=O) groups excluding carboxylic acids is 1. The second-order valence-corrected chi connectivity index (χ2v) is 6.96. The summed E-state index contributed by atoms with van der Waals surface area (Å²) < 4.78 is 1.63.